The monoisotopic (exact) mass is 1080 g/mol. The van der Waals surface area contributed by atoms with Gasteiger partial charge in [0.05, 0.1) is 36.6 Å². The molecule has 1 aromatic carbocycles. The standard InChI is InChI=1S/C53H86N6O17/c1-8-28(2)23-29(3)15-13-11-9-10-12-14-16-42(69)54-37(26-40(67)31(5)61)49(72)55-43(32(6)62)52(75)59-27-36(65)25-38(59)50(73)57-45(48(71)47(70)34-17-19-35(64)20-18-34)51(74)56-44(41(68)24-30(4)60)53(76)58-22-21-39(66)46(58)33(7)63/h17-20,28-29,31-32,36-41,43-48,61-62,64-68,70-71H,8-16,21-27H2,1-7H3,(H,54,69)(H,55,72)(H,56,74)(H,57,73)/t28?,29?,31-,32+,36+,37-,38-,39-,40+,41+,43-,44-,45-,46+,47-,48-/m0/s1. The third kappa shape index (κ3) is 19.7. The first-order valence-electron chi connectivity index (χ1n) is 26.7. The summed E-state index contributed by atoms with van der Waals surface area (Å²) in [5.41, 5.74) is -0.0883. The molecular formula is C53H86N6O17. The number of phenols is 1. The van der Waals surface area contributed by atoms with E-state index in [9.17, 15) is 84.3 Å². The van der Waals surface area contributed by atoms with Crippen molar-refractivity contribution < 1.29 is 84.3 Å². The molecule has 23 heteroatoms. The number of aliphatic hydroxyl groups is 8. The zero-order chi connectivity index (χ0) is 57.1. The summed E-state index contributed by atoms with van der Waals surface area (Å²) in [4.78, 5) is 111. The van der Waals surface area contributed by atoms with Gasteiger partial charge in [-0.25, -0.2) is 0 Å². The number of phenolic OH excluding ortho intramolecular Hbond substituents is 1. The Morgan fingerprint density at radius 1 is 0.671 bits per heavy atom. The molecule has 16 atom stereocenters. The molecule has 6 amide bonds. The van der Waals surface area contributed by atoms with Crippen LogP contribution >= 0.6 is 0 Å². The number of aliphatic hydroxyl groups excluding tert-OH is 8. The van der Waals surface area contributed by atoms with Crippen molar-refractivity contribution in [1.29, 1.82) is 0 Å². The van der Waals surface area contributed by atoms with Crippen LogP contribution in [-0.4, -0.2) is 195 Å². The van der Waals surface area contributed by atoms with Gasteiger partial charge in [-0.15, -0.1) is 0 Å². The zero-order valence-corrected chi connectivity index (χ0v) is 45.0. The second kappa shape index (κ2) is 31.3. The number of nitrogens with zero attached hydrogens (tertiary/aromatic N) is 2. The molecule has 2 heterocycles. The molecular weight excluding hydrogens is 993 g/mol. The number of likely N-dealkylation sites (tertiary alicyclic amines) is 2. The van der Waals surface area contributed by atoms with Crippen molar-refractivity contribution in [3.8, 4) is 5.75 Å². The molecule has 430 valence electrons. The van der Waals surface area contributed by atoms with Gasteiger partial charge in [0.25, 0.3) is 0 Å². The molecule has 0 saturated carbocycles. The van der Waals surface area contributed by atoms with E-state index < -0.39 is 158 Å². The topological polar surface area (TPSA) is 373 Å². The van der Waals surface area contributed by atoms with Crippen LogP contribution in [0.5, 0.6) is 5.75 Å². The summed E-state index contributed by atoms with van der Waals surface area (Å²) in [6.07, 6.45) is -6.46. The number of rotatable bonds is 32. The Morgan fingerprint density at radius 2 is 1.26 bits per heavy atom. The summed E-state index contributed by atoms with van der Waals surface area (Å²) in [7, 11) is 0. The SMILES string of the molecule is CCC(C)CC(C)CCCCCCCCC(=O)N[C@@H](C[C@@H](O)[C@H](C)O)C(=O)N[C@H](C(=O)N1C[C@H](O)C[C@H]1C(=O)N[C@H](C(=O)N[C@H](C(=O)N1CC[C@H](O)[C@H]1C(C)=O)[C@H](O)CC(C)=O)[C@H](O)[C@@H](O)c1ccc(O)cc1)[C@@H](C)O. The third-order valence-electron chi connectivity index (χ3n) is 14.4. The van der Waals surface area contributed by atoms with Crippen molar-refractivity contribution in [3.05, 3.63) is 29.8 Å². The van der Waals surface area contributed by atoms with Crippen molar-refractivity contribution in [3.63, 3.8) is 0 Å². The number of carbonyl (C=O) groups excluding carboxylic acids is 8. The number of unbranched alkanes of at least 4 members (excludes halogenated alkanes) is 5. The predicted octanol–water partition coefficient (Wildman–Crippen LogP) is -0.716. The number of benzene rings is 1. The van der Waals surface area contributed by atoms with Crippen LogP contribution in [0, 0.1) is 11.8 Å². The number of nitrogens with one attached hydrogen (secondary N) is 4. The van der Waals surface area contributed by atoms with Gasteiger partial charge in [-0.1, -0.05) is 77.8 Å². The molecule has 0 spiro atoms. The molecule has 2 aliphatic rings. The summed E-state index contributed by atoms with van der Waals surface area (Å²) in [6, 6.07) is -6.17. The maximum Gasteiger partial charge on any atom is 0.248 e. The van der Waals surface area contributed by atoms with E-state index in [-0.39, 0.29) is 30.7 Å². The fourth-order valence-corrected chi connectivity index (χ4v) is 9.80. The lowest BCUT2D eigenvalue weighted by molar-refractivity contribution is -0.148. The number of β-amino-alcohol motifs (C(OH)–C–C–N with tert-alkyl or cyclic N) is 1. The van der Waals surface area contributed by atoms with Crippen LogP contribution in [0.15, 0.2) is 24.3 Å². The Balaban J connectivity index is 1.85. The number of amides is 6. The first-order chi connectivity index (χ1) is 35.7. The fourth-order valence-electron chi connectivity index (χ4n) is 9.80. The number of carbonyl (C=O) groups is 8. The van der Waals surface area contributed by atoms with Gasteiger partial charge < -0.3 is 77.0 Å². The lowest BCUT2D eigenvalue weighted by atomic mass is 9.91. The largest absolute Gasteiger partial charge is 0.508 e. The second-order valence-corrected chi connectivity index (χ2v) is 21.2. The Kier molecular flexibility index (Phi) is 26.8. The Morgan fingerprint density at radius 3 is 1.84 bits per heavy atom. The van der Waals surface area contributed by atoms with Gasteiger partial charge in [-0.05, 0) is 76.5 Å². The van der Waals surface area contributed by atoms with E-state index in [4.69, 9.17) is 0 Å². The van der Waals surface area contributed by atoms with E-state index in [1.54, 1.807) is 0 Å². The summed E-state index contributed by atoms with van der Waals surface area (Å²) < 4.78 is 0. The van der Waals surface area contributed by atoms with Crippen LogP contribution in [0.2, 0.25) is 0 Å². The molecule has 2 fully saturated rings. The molecule has 3 rings (SSSR count). The molecule has 13 N–H and O–H groups in total. The molecule has 76 heavy (non-hydrogen) atoms. The van der Waals surface area contributed by atoms with E-state index in [0.717, 1.165) is 87.6 Å². The number of ketones is 2. The number of hydrogen-bond acceptors (Lipinski definition) is 17. The maximum atomic E-state index is 14.4. The molecule has 23 nitrogen and oxygen atoms in total. The average molecular weight is 1080 g/mol. The summed E-state index contributed by atoms with van der Waals surface area (Å²) in [5.74, 6) is -6.68. The van der Waals surface area contributed by atoms with Gasteiger partial charge in [0, 0.05) is 38.8 Å². The first-order valence-corrected chi connectivity index (χ1v) is 26.7. The van der Waals surface area contributed by atoms with Crippen LogP contribution < -0.4 is 21.3 Å². The molecule has 0 bridgehead atoms. The van der Waals surface area contributed by atoms with Crippen molar-refractivity contribution in [2.75, 3.05) is 13.1 Å². The van der Waals surface area contributed by atoms with Crippen molar-refractivity contribution in [2.24, 2.45) is 11.8 Å². The predicted molar refractivity (Wildman–Crippen MR) is 275 cm³/mol. The molecule has 0 radical (unpaired) electrons. The average Bonchev–Trinajstić information content (AvgIpc) is 3.95. The Labute approximate surface area is 445 Å². The summed E-state index contributed by atoms with van der Waals surface area (Å²) >= 11 is 0. The number of aromatic hydroxyl groups is 1. The van der Waals surface area contributed by atoms with Crippen LogP contribution in [-0.2, 0) is 38.4 Å². The highest BCUT2D eigenvalue weighted by Crippen LogP contribution is 2.26. The van der Waals surface area contributed by atoms with Crippen LogP contribution in [0.4, 0.5) is 0 Å². The third-order valence-corrected chi connectivity index (χ3v) is 14.4. The van der Waals surface area contributed by atoms with Crippen LogP contribution in [0.3, 0.4) is 0 Å². The van der Waals surface area contributed by atoms with E-state index >= 15 is 0 Å². The highest BCUT2D eigenvalue weighted by Gasteiger charge is 2.48. The lowest BCUT2D eigenvalue weighted by Crippen LogP contribution is -2.64. The van der Waals surface area contributed by atoms with Crippen molar-refractivity contribution in [2.45, 2.75) is 223 Å². The van der Waals surface area contributed by atoms with Crippen molar-refractivity contribution in [1.82, 2.24) is 31.1 Å². The zero-order valence-electron chi connectivity index (χ0n) is 45.0. The summed E-state index contributed by atoms with van der Waals surface area (Å²) in [6.45, 7) is 10.6. The Hall–Kier alpha value is -5.14. The van der Waals surface area contributed by atoms with Crippen molar-refractivity contribution >= 4 is 47.0 Å². The number of Topliss-reactive ketones (excluding diaryl/α,β-unsaturated/α-hetero) is 2. The molecule has 1 aromatic rings. The van der Waals surface area contributed by atoms with Crippen LogP contribution in [0.25, 0.3) is 0 Å². The molecule has 2 aliphatic heterocycles. The minimum Gasteiger partial charge on any atom is -0.508 e. The minimum atomic E-state index is -2.32. The van der Waals surface area contributed by atoms with Gasteiger partial charge in [0.2, 0.25) is 35.4 Å². The van der Waals surface area contributed by atoms with E-state index in [1.165, 1.54) is 25.5 Å². The second-order valence-electron chi connectivity index (χ2n) is 21.2. The highest BCUT2D eigenvalue weighted by atomic mass is 16.3. The fraction of sp³-hybridized carbons (Fsp3) is 0.736. The van der Waals surface area contributed by atoms with Gasteiger partial charge in [0.1, 0.15) is 60.0 Å². The summed E-state index contributed by atoms with van der Waals surface area (Å²) in [5, 5.41) is 106. The first kappa shape index (κ1) is 65.1. The van der Waals surface area contributed by atoms with Gasteiger partial charge in [-0.2, -0.15) is 0 Å². The normalized spacial score (nSPS) is 22.4. The smallest absolute Gasteiger partial charge is 0.248 e. The molecule has 0 aromatic heterocycles. The minimum absolute atomic E-state index is 0.0280. The quantitative estimate of drug-likeness (QED) is 0.0396. The lowest BCUT2D eigenvalue weighted by Gasteiger charge is -2.34. The van der Waals surface area contributed by atoms with Gasteiger partial charge in [-0.3, -0.25) is 38.4 Å². The van der Waals surface area contributed by atoms with E-state index in [1.807, 2.05) is 0 Å². The van der Waals surface area contributed by atoms with E-state index in [0.29, 0.717) is 18.3 Å². The maximum absolute atomic E-state index is 14.4. The number of hydrogen-bond donors (Lipinski definition) is 13. The molecule has 2 unspecified atom stereocenters. The van der Waals surface area contributed by atoms with Gasteiger partial charge >= 0.3 is 0 Å². The molecule has 0 aliphatic carbocycles. The van der Waals surface area contributed by atoms with Gasteiger partial charge in [0.15, 0.2) is 5.78 Å². The Bertz CT molecular complexity index is 2080. The highest BCUT2D eigenvalue weighted by molar-refractivity contribution is 5.98. The van der Waals surface area contributed by atoms with Crippen LogP contribution in [0.1, 0.15) is 150 Å². The molecule has 2 saturated heterocycles. The van der Waals surface area contributed by atoms with E-state index in [2.05, 4.69) is 42.0 Å².